The second-order valence-electron chi connectivity index (χ2n) is 5.92. The van der Waals surface area contributed by atoms with Crippen molar-refractivity contribution in [1.82, 2.24) is 5.32 Å². The van der Waals surface area contributed by atoms with Crippen LogP contribution in [0.3, 0.4) is 0 Å². The number of ether oxygens (including phenoxy) is 2. The largest absolute Gasteiger partial charge is 0.453 e. The minimum absolute atomic E-state index is 0.242. The van der Waals surface area contributed by atoms with Gasteiger partial charge < -0.3 is 20.5 Å². The lowest BCUT2D eigenvalue weighted by atomic mass is 9.76. The SMILES string of the molecule is COC(=O)NC1(Cc2ccccc2)CCC(OCCN)CC1. The van der Waals surface area contributed by atoms with Gasteiger partial charge in [-0.1, -0.05) is 30.3 Å². The van der Waals surface area contributed by atoms with E-state index in [0.29, 0.717) is 13.2 Å². The summed E-state index contributed by atoms with van der Waals surface area (Å²) >= 11 is 0. The summed E-state index contributed by atoms with van der Waals surface area (Å²) in [7, 11) is 1.40. The van der Waals surface area contributed by atoms with Gasteiger partial charge in [0.25, 0.3) is 0 Å². The molecule has 122 valence electrons. The van der Waals surface area contributed by atoms with E-state index in [4.69, 9.17) is 15.2 Å². The molecule has 0 aliphatic heterocycles. The predicted octanol–water partition coefficient (Wildman–Crippen LogP) is 2.24. The molecule has 22 heavy (non-hydrogen) atoms. The second-order valence-corrected chi connectivity index (χ2v) is 5.92. The fraction of sp³-hybridized carbons (Fsp3) is 0.588. The molecule has 0 saturated heterocycles. The first-order valence-electron chi connectivity index (χ1n) is 7.89. The van der Waals surface area contributed by atoms with Crippen LogP contribution < -0.4 is 11.1 Å². The molecule has 0 bridgehead atoms. The third kappa shape index (κ3) is 4.71. The predicted molar refractivity (Wildman–Crippen MR) is 85.7 cm³/mol. The summed E-state index contributed by atoms with van der Waals surface area (Å²) < 4.78 is 10.5. The van der Waals surface area contributed by atoms with Crippen LogP contribution in [0.5, 0.6) is 0 Å². The molecule has 1 amide bonds. The van der Waals surface area contributed by atoms with Crippen molar-refractivity contribution in [2.45, 2.75) is 43.7 Å². The Bertz CT molecular complexity index is 456. The first kappa shape index (κ1) is 16.8. The fourth-order valence-electron chi connectivity index (χ4n) is 3.15. The Morgan fingerprint density at radius 2 is 2.00 bits per heavy atom. The number of alkyl carbamates (subject to hydrolysis) is 1. The summed E-state index contributed by atoms with van der Waals surface area (Å²) in [6.07, 6.45) is 4.31. The highest BCUT2D eigenvalue weighted by atomic mass is 16.5. The first-order valence-corrected chi connectivity index (χ1v) is 7.89. The van der Waals surface area contributed by atoms with Gasteiger partial charge in [0.05, 0.1) is 19.8 Å². The highest BCUT2D eigenvalue weighted by molar-refractivity contribution is 5.68. The van der Waals surface area contributed by atoms with E-state index in [2.05, 4.69) is 17.4 Å². The molecule has 1 aromatic rings. The number of carbonyl (C=O) groups is 1. The lowest BCUT2D eigenvalue weighted by molar-refractivity contribution is 0.0113. The van der Waals surface area contributed by atoms with Crippen LogP contribution in [0.4, 0.5) is 4.79 Å². The number of amides is 1. The Balaban J connectivity index is 2.02. The first-order chi connectivity index (χ1) is 10.7. The van der Waals surface area contributed by atoms with Crippen molar-refractivity contribution in [1.29, 1.82) is 0 Å². The summed E-state index contributed by atoms with van der Waals surface area (Å²) in [5.41, 5.74) is 6.46. The van der Waals surface area contributed by atoms with Gasteiger partial charge in [-0.3, -0.25) is 0 Å². The highest BCUT2D eigenvalue weighted by Gasteiger charge is 2.37. The smallest absolute Gasteiger partial charge is 0.407 e. The van der Waals surface area contributed by atoms with Crippen LogP contribution in [-0.4, -0.2) is 38.0 Å². The molecule has 0 unspecified atom stereocenters. The summed E-state index contributed by atoms with van der Waals surface area (Å²) in [4.78, 5) is 11.7. The van der Waals surface area contributed by atoms with E-state index in [-0.39, 0.29) is 17.7 Å². The van der Waals surface area contributed by atoms with E-state index < -0.39 is 0 Å². The molecule has 0 atom stereocenters. The quantitative estimate of drug-likeness (QED) is 0.845. The summed E-state index contributed by atoms with van der Waals surface area (Å²) in [5.74, 6) is 0. The number of methoxy groups -OCH3 is 1. The zero-order chi connectivity index (χ0) is 15.8. The Labute approximate surface area is 132 Å². The molecule has 1 fully saturated rings. The molecule has 5 nitrogen and oxygen atoms in total. The van der Waals surface area contributed by atoms with E-state index in [9.17, 15) is 4.79 Å². The third-order valence-corrected chi connectivity index (χ3v) is 4.30. The van der Waals surface area contributed by atoms with Crippen LogP contribution in [0.2, 0.25) is 0 Å². The lowest BCUT2D eigenvalue weighted by Gasteiger charge is -2.40. The molecule has 1 aromatic carbocycles. The van der Waals surface area contributed by atoms with Crippen LogP contribution in [0.15, 0.2) is 30.3 Å². The van der Waals surface area contributed by atoms with E-state index in [0.717, 1.165) is 32.1 Å². The minimum Gasteiger partial charge on any atom is -0.453 e. The summed E-state index contributed by atoms with van der Waals surface area (Å²) in [6, 6.07) is 10.2. The van der Waals surface area contributed by atoms with Gasteiger partial charge >= 0.3 is 6.09 Å². The summed E-state index contributed by atoms with van der Waals surface area (Å²) in [6.45, 7) is 1.15. The molecule has 0 radical (unpaired) electrons. The zero-order valence-corrected chi connectivity index (χ0v) is 13.2. The molecule has 0 aromatic heterocycles. The van der Waals surface area contributed by atoms with Gasteiger partial charge in [-0.25, -0.2) is 4.79 Å². The lowest BCUT2D eigenvalue weighted by Crippen LogP contribution is -2.53. The molecule has 3 N–H and O–H groups in total. The fourth-order valence-corrected chi connectivity index (χ4v) is 3.15. The van der Waals surface area contributed by atoms with Crippen molar-refractivity contribution < 1.29 is 14.3 Å². The van der Waals surface area contributed by atoms with Crippen molar-refractivity contribution in [2.24, 2.45) is 5.73 Å². The Morgan fingerprint density at radius 3 is 2.59 bits per heavy atom. The number of nitrogens with two attached hydrogens (primary N) is 1. The van der Waals surface area contributed by atoms with E-state index in [1.807, 2.05) is 18.2 Å². The van der Waals surface area contributed by atoms with Crippen molar-refractivity contribution in [3.63, 3.8) is 0 Å². The van der Waals surface area contributed by atoms with E-state index in [1.165, 1.54) is 12.7 Å². The Kier molecular flexibility index (Phi) is 6.21. The molecule has 0 heterocycles. The molecule has 2 rings (SSSR count). The average Bonchev–Trinajstić information content (AvgIpc) is 2.55. The van der Waals surface area contributed by atoms with Crippen molar-refractivity contribution in [2.75, 3.05) is 20.3 Å². The molecular formula is C17H26N2O3. The molecule has 1 aliphatic rings. The van der Waals surface area contributed by atoms with Crippen LogP contribution in [0, 0.1) is 0 Å². The number of carbonyl (C=O) groups excluding carboxylic acids is 1. The van der Waals surface area contributed by atoms with Gasteiger partial charge in [0, 0.05) is 12.1 Å². The molecule has 5 heteroatoms. The third-order valence-electron chi connectivity index (χ3n) is 4.30. The van der Waals surface area contributed by atoms with Crippen LogP contribution in [-0.2, 0) is 15.9 Å². The van der Waals surface area contributed by atoms with Gasteiger partial charge in [0.1, 0.15) is 0 Å². The number of hydrogen-bond acceptors (Lipinski definition) is 4. The number of hydrogen-bond donors (Lipinski definition) is 2. The maximum Gasteiger partial charge on any atom is 0.407 e. The number of benzene rings is 1. The standard InChI is InChI=1S/C17H26N2O3/c1-21-16(20)19-17(13-14-5-3-2-4-6-14)9-7-15(8-10-17)22-12-11-18/h2-6,15H,7-13,18H2,1H3,(H,19,20). The number of rotatable bonds is 6. The molecule has 0 spiro atoms. The maximum atomic E-state index is 11.7. The van der Waals surface area contributed by atoms with Gasteiger partial charge in [-0.05, 0) is 37.7 Å². The topological polar surface area (TPSA) is 73.6 Å². The van der Waals surface area contributed by atoms with Crippen LogP contribution in [0.1, 0.15) is 31.2 Å². The highest BCUT2D eigenvalue weighted by Crippen LogP contribution is 2.33. The van der Waals surface area contributed by atoms with Crippen molar-refractivity contribution in [3.05, 3.63) is 35.9 Å². The zero-order valence-electron chi connectivity index (χ0n) is 13.2. The van der Waals surface area contributed by atoms with Crippen molar-refractivity contribution in [3.8, 4) is 0 Å². The Morgan fingerprint density at radius 1 is 1.32 bits per heavy atom. The summed E-state index contributed by atoms with van der Waals surface area (Å²) in [5, 5.41) is 3.07. The van der Waals surface area contributed by atoms with Gasteiger partial charge in [-0.2, -0.15) is 0 Å². The van der Waals surface area contributed by atoms with E-state index >= 15 is 0 Å². The van der Waals surface area contributed by atoms with E-state index in [1.54, 1.807) is 0 Å². The number of nitrogens with one attached hydrogen (secondary N) is 1. The molecule has 1 saturated carbocycles. The normalized spacial score (nSPS) is 24.7. The molecular weight excluding hydrogens is 280 g/mol. The van der Waals surface area contributed by atoms with Crippen LogP contribution in [0.25, 0.3) is 0 Å². The van der Waals surface area contributed by atoms with Crippen LogP contribution >= 0.6 is 0 Å². The molecule has 1 aliphatic carbocycles. The van der Waals surface area contributed by atoms with Crippen molar-refractivity contribution >= 4 is 6.09 Å². The van der Waals surface area contributed by atoms with Gasteiger partial charge in [-0.15, -0.1) is 0 Å². The second kappa shape index (κ2) is 8.15. The van der Waals surface area contributed by atoms with Gasteiger partial charge in [0.2, 0.25) is 0 Å². The van der Waals surface area contributed by atoms with Gasteiger partial charge in [0.15, 0.2) is 0 Å². The maximum absolute atomic E-state index is 11.7. The average molecular weight is 306 g/mol. The minimum atomic E-state index is -0.364. The Hall–Kier alpha value is -1.59. The monoisotopic (exact) mass is 306 g/mol.